The molecule has 102 valence electrons. The van der Waals surface area contributed by atoms with Crippen LogP contribution >= 0.6 is 0 Å². The van der Waals surface area contributed by atoms with E-state index in [1.165, 1.54) is 0 Å². The van der Waals surface area contributed by atoms with Crippen LogP contribution in [0, 0.1) is 0 Å². The van der Waals surface area contributed by atoms with Crippen LogP contribution in [0.3, 0.4) is 0 Å². The van der Waals surface area contributed by atoms with Gasteiger partial charge >= 0.3 is 0 Å². The number of hydrogen-bond donors (Lipinski definition) is 4. The van der Waals surface area contributed by atoms with E-state index < -0.39 is 6.04 Å². The molecule has 0 saturated heterocycles. The van der Waals surface area contributed by atoms with E-state index in [-0.39, 0.29) is 5.91 Å². The molecule has 1 amide bonds. The van der Waals surface area contributed by atoms with Gasteiger partial charge in [0.25, 0.3) is 0 Å². The third kappa shape index (κ3) is 10.2. The highest BCUT2D eigenvalue weighted by Crippen LogP contribution is 1.93. The Kier molecular flexibility index (Phi) is 10.1. The average Bonchev–Trinajstić information content (AvgIpc) is 2.29. The van der Waals surface area contributed by atoms with Gasteiger partial charge in [-0.1, -0.05) is 13.8 Å². The molecule has 5 heteroatoms. The highest BCUT2D eigenvalue weighted by molar-refractivity contribution is 5.81. The predicted octanol–water partition coefficient (Wildman–Crippen LogP) is -0.0530. The van der Waals surface area contributed by atoms with Crippen molar-refractivity contribution >= 4 is 5.91 Å². The molecular weight excluding hydrogens is 216 g/mol. The number of amides is 1. The van der Waals surface area contributed by atoms with Gasteiger partial charge in [0.15, 0.2) is 0 Å². The molecule has 0 saturated carbocycles. The number of nitrogens with two attached hydrogens (primary N) is 2. The molecule has 0 heterocycles. The predicted molar refractivity (Wildman–Crippen MR) is 71.6 cm³/mol. The molecule has 0 aliphatic heterocycles. The molecule has 0 unspecified atom stereocenters. The summed E-state index contributed by atoms with van der Waals surface area (Å²) in [7, 11) is 0. The third-order valence-electron chi connectivity index (χ3n) is 2.51. The van der Waals surface area contributed by atoms with E-state index in [2.05, 4.69) is 24.5 Å². The molecule has 0 fully saturated rings. The van der Waals surface area contributed by atoms with Crippen molar-refractivity contribution in [1.82, 2.24) is 10.6 Å². The molecular formula is C12H28N4O. The van der Waals surface area contributed by atoms with Crippen molar-refractivity contribution in [3.05, 3.63) is 0 Å². The second kappa shape index (κ2) is 10.5. The number of hydrogen-bond acceptors (Lipinski definition) is 4. The highest BCUT2D eigenvalue weighted by Gasteiger charge is 2.11. The maximum atomic E-state index is 11.5. The van der Waals surface area contributed by atoms with Crippen molar-refractivity contribution in [2.75, 3.05) is 19.6 Å². The minimum atomic E-state index is -0.410. The topological polar surface area (TPSA) is 93.2 Å². The summed E-state index contributed by atoms with van der Waals surface area (Å²) >= 11 is 0. The van der Waals surface area contributed by atoms with Crippen LogP contribution in [0.1, 0.15) is 39.5 Å². The summed E-state index contributed by atoms with van der Waals surface area (Å²) in [5.41, 5.74) is 11.1. The molecule has 0 aromatic rings. The smallest absolute Gasteiger partial charge is 0.236 e. The van der Waals surface area contributed by atoms with Crippen molar-refractivity contribution in [2.24, 2.45) is 11.5 Å². The summed E-state index contributed by atoms with van der Waals surface area (Å²) in [4.78, 5) is 11.5. The normalized spacial score (nSPS) is 12.8. The Morgan fingerprint density at radius 3 is 2.41 bits per heavy atom. The first kappa shape index (κ1) is 16.4. The summed E-state index contributed by atoms with van der Waals surface area (Å²) in [5.74, 6) is -0.0599. The fraction of sp³-hybridized carbons (Fsp3) is 0.917. The van der Waals surface area contributed by atoms with Gasteiger partial charge in [0.2, 0.25) is 5.91 Å². The lowest BCUT2D eigenvalue weighted by molar-refractivity contribution is -0.122. The Labute approximate surface area is 105 Å². The summed E-state index contributed by atoms with van der Waals surface area (Å²) in [6, 6.07) is 0.113. The molecule has 17 heavy (non-hydrogen) atoms. The minimum absolute atomic E-state index is 0.0599. The standard InChI is InChI=1S/C12H28N4O/c1-10(2)15-8-3-4-9-16-12(17)11(14)6-5-7-13/h10-11,15H,3-9,13-14H2,1-2H3,(H,16,17)/t11-/m0/s1. The first-order valence-corrected chi connectivity index (χ1v) is 6.54. The Hall–Kier alpha value is -0.650. The molecule has 0 aliphatic carbocycles. The summed E-state index contributed by atoms with van der Waals surface area (Å²) < 4.78 is 0. The Morgan fingerprint density at radius 1 is 1.18 bits per heavy atom. The zero-order valence-corrected chi connectivity index (χ0v) is 11.2. The van der Waals surface area contributed by atoms with Crippen LogP contribution in [0.25, 0.3) is 0 Å². The maximum absolute atomic E-state index is 11.5. The SMILES string of the molecule is CC(C)NCCCCNC(=O)[C@@H](N)CCCN. The number of carbonyl (C=O) groups is 1. The second-order valence-corrected chi connectivity index (χ2v) is 4.64. The van der Waals surface area contributed by atoms with Gasteiger partial charge in [-0.25, -0.2) is 0 Å². The summed E-state index contributed by atoms with van der Waals surface area (Å²) in [6.07, 6.45) is 3.51. The lowest BCUT2D eigenvalue weighted by Gasteiger charge is -2.12. The molecule has 0 bridgehead atoms. The van der Waals surface area contributed by atoms with Gasteiger partial charge in [-0.15, -0.1) is 0 Å². The Bertz CT molecular complexity index is 197. The van der Waals surface area contributed by atoms with Crippen molar-refractivity contribution in [3.63, 3.8) is 0 Å². The van der Waals surface area contributed by atoms with E-state index in [1.54, 1.807) is 0 Å². The van der Waals surface area contributed by atoms with E-state index in [0.29, 0.717) is 25.6 Å². The monoisotopic (exact) mass is 244 g/mol. The molecule has 5 nitrogen and oxygen atoms in total. The number of carbonyl (C=O) groups excluding carboxylic acids is 1. The highest BCUT2D eigenvalue weighted by atomic mass is 16.2. The molecule has 0 rings (SSSR count). The maximum Gasteiger partial charge on any atom is 0.236 e. The second-order valence-electron chi connectivity index (χ2n) is 4.64. The minimum Gasteiger partial charge on any atom is -0.355 e. The summed E-state index contributed by atoms with van der Waals surface area (Å²) in [6.45, 7) is 6.53. The van der Waals surface area contributed by atoms with Crippen molar-refractivity contribution < 1.29 is 4.79 Å². The zero-order chi connectivity index (χ0) is 13.1. The molecule has 0 spiro atoms. The number of unbranched alkanes of at least 4 members (excludes halogenated alkanes) is 1. The molecule has 0 aromatic carbocycles. The lowest BCUT2D eigenvalue weighted by atomic mass is 10.1. The van der Waals surface area contributed by atoms with Gasteiger partial charge in [-0.2, -0.15) is 0 Å². The first-order chi connectivity index (χ1) is 8.07. The van der Waals surface area contributed by atoms with E-state index in [1.807, 2.05) is 0 Å². The van der Waals surface area contributed by atoms with Gasteiger partial charge in [0.05, 0.1) is 6.04 Å². The average molecular weight is 244 g/mol. The van der Waals surface area contributed by atoms with Gasteiger partial charge in [0.1, 0.15) is 0 Å². The van der Waals surface area contributed by atoms with Crippen LogP contribution in [0.5, 0.6) is 0 Å². The number of nitrogens with one attached hydrogen (secondary N) is 2. The van der Waals surface area contributed by atoms with Crippen LogP contribution in [0.2, 0.25) is 0 Å². The van der Waals surface area contributed by atoms with Crippen LogP contribution < -0.4 is 22.1 Å². The van der Waals surface area contributed by atoms with E-state index in [4.69, 9.17) is 11.5 Å². The van der Waals surface area contributed by atoms with Crippen LogP contribution in [-0.2, 0) is 4.79 Å². The molecule has 0 aliphatic rings. The molecule has 0 aromatic heterocycles. The Morgan fingerprint density at radius 2 is 1.82 bits per heavy atom. The largest absolute Gasteiger partial charge is 0.355 e. The first-order valence-electron chi connectivity index (χ1n) is 6.54. The van der Waals surface area contributed by atoms with E-state index >= 15 is 0 Å². The summed E-state index contributed by atoms with van der Waals surface area (Å²) in [5, 5.41) is 6.18. The Balaban J connectivity index is 3.38. The molecule has 0 radical (unpaired) electrons. The van der Waals surface area contributed by atoms with Crippen LogP contribution in [0.15, 0.2) is 0 Å². The third-order valence-corrected chi connectivity index (χ3v) is 2.51. The van der Waals surface area contributed by atoms with Gasteiger partial charge < -0.3 is 22.1 Å². The van der Waals surface area contributed by atoms with Crippen LogP contribution in [0.4, 0.5) is 0 Å². The van der Waals surface area contributed by atoms with E-state index in [9.17, 15) is 4.79 Å². The van der Waals surface area contributed by atoms with Crippen molar-refractivity contribution in [2.45, 2.75) is 51.6 Å². The van der Waals surface area contributed by atoms with Crippen molar-refractivity contribution in [1.29, 1.82) is 0 Å². The van der Waals surface area contributed by atoms with Gasteiger partial charge in [-0.05, 0) is 38.8 Å². The zero-order valence-electron chi connectivity index (χ0n) is 11.2. The van der Waals surface area contributed by atoms with Crippen LogP contribution in [-0.4, -0.2) is 37.6 Å². The molecule has 1 atom stereocenters. The number of rotatable bonds is 10. The quantitative estimate of drug-likeness (QED) is 0.405. The van der Waals surface area contributed by atoms with E-state index in [0.717, 1.165) is 25.8 Å². The van der Waals surface area contributed by atoms with Crippen molar-refractivity contribution in [3.8, 4) is 0 Å². The van der Waals surface area contributed by atoms with Gasteiger partial charge in [0, 0.05) is 12.6 Å². The molecule has 6 N–H and O–H groups in total. The fourth-order valence-electron chi connectivity index (χ4n) is 1.45. The lowest BCUT2D eigenvalue weighted by Crippen LogP contribution is -2.41. The fourth-order valence-corrected chi connectivity index (χ4v) is 1.45. The van der Waals surface area contributed by atoms with Gasteiger partial charge in [-0.3, -0.25) is 4.79 Å².